The van der Waals surface area contributed by atoms with Crippen LogP contribution in [-0.2, 0) is 0 Å². The van der Waals surface area contributed by atoms with E-state index in [-0.39, 0.29) is 0 Å². The van der Waals surface area contributed by atoms with E-state index in [2.05, 4.69) is 315 Å². The Morgan fingerprint density at radius 1 is 0.139 bits per heavy atom. The fourth-order valence-electron chi connectivity index (χ4n) is 11.7. The number of rotatable bonds is 12. The molecular weight excluding hydrogens is 897 g/mol. The molecule has 0 nitrogen and oxygen atoms in total. The Labute approximate surface area is 425 Å². The van der Waals surface area contributed by atoms with Crippen molar-refractivity contribution in [2.75, 3.05) is 0 Å². The summed E-state index contributed by atoms with van der Waals surface area (Å²) in [5.41, 5.74) is 9.67. The van der Waals surface area contributed by atoms with Crippen LogP contribution in [-0.4, -0.2) is 16.1 Å². The summed E-state index contributed by atoms with van der Waals surface area (Å²) in [5, 5.41) is 13.3. The maximum atomic E-state index is 2.44. The van der Waals surface area contributed by atoms with Gasteiger partial charge in [0, 0.05) is 0 Å². The zero-order valence-corrected chi connectivity index (χ0v) is 42.0. The van der Waals surface area contributed by atoms with Crippen LogP contribution in [0.25, 0.3) is 55.3 Å². The molecule has 0 N–H and O–H groups in total. The molecule has 0 radical (unpaired) electrons. The van der Waals surface area contributed by atoms with Crippen LogP contribution >= 0.6 is 0 Å². The summed E-state index contributed by atoms with van der Waals surface area (Å²) >= 11 is 0. The van der Waals surface area contributed by atoms with E-state index < -0.39 is 16.1 Å². The summed E-state index contributed by atoms with van der Waals surface area (Å²) in [4.78, 5) is 0. The molecule has 0 atom stereocenters. The van der Waals surface area contributed by atoms with Gasteiger partial charge in [-0.05, 0) is 96.8 Å². The summed E-state index contributed by atoms with van der Waals surface area (Å²) in [6, 6.07) is 118. The second-order valence-electron chi connectivity index (χ2n) is 18.6. The van der Waals surface area contributed by atoms with Gasteiger partial charge in [0.15, 0.2) is 16.1 Å². The Morgan fingerprint density at radius 2 is 0.319 bits per heavy atom. The molecule has 0 aliphatic heterocycles. The van der Waals surface area contributed by atoms with Crippen LogP contribution in [0.3, 0.4) is 0 Å². The smallest absolute Gasteiger partial charge is 0.0623 e. The summed E-state index contributed by atoms with van der Waals surface area (Å²) in [7, 11) is -5.50. The van der Waals surface area contributed by atoms with Crippen molar-refractivity contribution in [1.82, 2.24) is 0 Å². The van der Waals surface area contributed by atoms with Crippen molar-refractivity contribution in [3.05, 3.63) is 315 Å². The average Bonchev–Trinajstić information content (AvgIpc) is 3.48. The summed E-state index contributed by atoms with van der Waals surface area (Å²) in [6.45, 7) is 0. The van der Waals surface area contributed by atoms with Gasteiger partial charge >= 0.3 is 0 Å². The van der Waals surface area contributed by atoms with E-state index in [1.54, 1.807) is 0 Å². The third kappa shape index (κ3) is 7.70. The zero-order chi connectivity index (χ0) is 48.2. The van der Waals surface area contributed by atoms with E-state index in [1.165, 1.54) is 96.8 Å². The van der Waals surface area contributed by atoms with Crippen molar-refractivity contribution in [2.45, 2.75) is 0 Å². The molecule has 12 aromatic rings. The monoisotopic (exact) mass is 948 g/mol. The van der Waals surface area contributed by atoms with Crippen molar-refractivity contribution >= 4 is 68.4 Å². The van der Waals surface area contributed by atoms with Gasteiger partial charge in [-0.3, -0.25) is 0 Å². The molecule has 0 fully saturated rings. The number of fused-ring (bicyclic) bond motifs is 1. The topological polar surface area (TPSA) is 0 Å². The lowest BCUT2D eigenvalue weighted by Crippen LogP contribution is -2.74. The molecule has 0 aliphatic carbocycles. The van der Waals surface area contributed by atoms with Crippen LogP contribution < -0.4 is 41.5 Å². The largest absolute Gasteiger partial charge is 0.179 e. The van der Waals surface area contributed by atoms with Crippen molar-refractivity contribution < 1.29 is 0 Å². The summed E-state index contributed by atoms with van der Waals surface area (Å²) in [5.74, 6) is 0. The highest BCUT2D eigenvalue weighted by atomic mass is 28.3. The molecule has 2 heteroatoms. The molecule has 0 aliphatic rings. The van der Waals surface area contributed by atoms with Gasteiger partial charge in [0.1, 0.15) is 0 Å². The quantitative estimate of drug-likeness (QED) is 0.0846. The predicted octanol–water partition coefficient (Wildman–Crippen LogP) is 12.3. The van der Waals surface area contributed by atoms with Gasteiger partial charge in [0.2, 0.25) is 0 Å². The maximum Gasteiger partial charge on any atom is 0.179 e. The van der Waals surface area contributed by atoms with E-state index in [9.17, 15) is 0 Å². The molecule has 0 heterocycles. The first-order chi connectivity index (χ1) is 35.8. The summed E-state index contributed by atoms with van der Waals surface area (Å²) in [6.07, 6.45) is 0. The Morgan fingerprint density at radius 3 is 0.556 bits per heavy atom. The van der Waals surface area contributed by atoms with Crippen LogP contribution in [0.15, 0.2) is 315 Å². The molecule has 0 bridgehead atoms. The van der Waals surface area contributed by atoms with Gasteiger partial charge < -0.3 is 0 Å². The van der Waals surface area contributed by atoms with E-state index in [0.29, 0.717) is 0 Å². The second-order valence-corrected chi connectivity index (χ2v) is 26.2. The Bertz CT molecular complexity index is 3270. The van der Waals surface area contributed by atoms with E-state index in [4.69, 9.17) is 0 Å². The Kier molecular flexibility index (Phi) is 12.1. The fourth-order valence-corrected chi connectivity index (χ4v) is 21.2. The molecule has 0 saturated carbocycles. The number of hydrogen-bond acceptors (Lipinski definition) is 0. The van der Waals surface area contributed by atoms with Crippen molar-refractivity contribution in [2.24, 2.45) is 0 Å². The van der Waals surface area contributed by atoms with Gasteiger partial charge in [-0.2, -0.15) is 0 Å². The van der Waals surface area contributed by atoms with Gasteiger partial charge in [-0.25, -0.2) is 0 Å². The predicted molar refractivity (Wildman–Crippen MR) is 313 cm³/mol. The molecule has 0 unspecified atom stereocenters. The van der Waals surface area contributed by atoms with Crippen LogP contribution in [0.1, 0.15) is 0 Å². The highest BCUT2D eigenvalue weighted by molar-refractivity contribution is 7.20. The SMILES string of the molecule is c1ccc(-c2c(-c3ccccc3)c(-c3ccc([Si](c4ccccc4)(c4ccccc4)c4ccccc4)cc3)c3ccccc3c2-c2ccc([Si](c3ccccc3)(c3ccccc3)c3ccccc3)cc2)cc1. The van der Waals surface area contributed by atoms with E-state index >= 15 is 0 Å². The van der Waals surface area contributed by atoms with Gasteiger partial charge in [0.25, 0.3) is 0 Å². The number of hydrogen-bond donors (Lipinski definition) is 0. The lowest BCUT2D eigenvalue weighted by molar-refractivity contribution is 1.57. The highest BCUT2D eigenvalue weighted by Gasteiger charge is 2.43. The lowest BCUT2D eigenvalue weighted by Gasteiger charge is -2.34. The minimum absolute atomic E-state index is 1.18. The molecule has 0 spiro atoms. The standard InChI is InChI=1S/C70H52Si2/c1-9-27-53(28-10-1)69-67(55-45-49-63(50-46-55)71(57-31-13-3-14-32-57,58-33-15-4-16-34-58)59-35-17-5-18-36-59)65-43-25-26-44-66(65)68(70(69)54-29-11-2-12-30-54)56-47-51-64(52-48-56)72(60-37-19-6-20-38-60,61-39-21-7-22-40-61)62-41-23-8-24-42-62/h1-52H. The molecule has 0 saturated heterocycles. The van der Waals surface area contributed by atoms with E-state index in [1.807, 2.05) is 0 Å². The molecule has 340 valence electrons. The van der Waals surface area contributed by atoms with Crippen molar-refractivity contribution in [1.29, 1.82) is 0 Å². The molecule has 0 amide bonds. The first-order valence-electron chi connectivity index (χ1n) is 25.0. The van der Waals surface area contributed by atoms with Crippen molar-refractivity contribution in [3.8, 4) is 44.5 Å². The van der Waals surface area contributed by atoms with Crippen LogP contribution in [0, 0.1) is 0 Å². The zero-order valence-electron chi connectivity index (χ0n) is 40.0. The van der Waals surface area contributed by atoms with Crippen molar-refractivity contribution in [3.63, 3.8) is 0 Å². The van der Waals surface area contributed by atoms with Gasteiger partial charge in [-0.15, -0.1) is 0 Å². The fraction of sp³-hybridized carbons (Fsp3) is 0. The highest BCUT2D eigenvalue weighted by Crippen LogP contribution is 2.50. The Balaban J connectivity index is 1.12. The number of benzene rings is 12. The van der Waals surface area contributed by atoms with Gasteiger partial charge in [0.05, 0.1) is 0 Å². The molecular formula is C70H52Si2. The van der Waals surface area contributed by atoms with Crippen LogP contribution in [0.2, 0.25) is 0 Å². The average molecular weight is 949 g/mol. The third-order valence-corrected chi connectivity index (χ3v) is 24.4. The molecule has 0 aromatic heterocycles. The third-order valence-electron chi connectivity index (χ3n) is 14.8. The first-order valence-corrected chi connectivity index (χ1v) is 29.0. The molecule has 12 rings (SSSR count). The summed E-state index contributed by atoms with van der Waals surface area (Å²) < 4.78 is 0. The van der Waals surface area contributed by atoms with E-state index in [0.717, 1.165) is 0 Å². The molecule has 12 aromatic carbocycles. The normalized spacial score (nSPS) is 11.6. The van der Waals surface area contributed by atoms with Gasteiger partial charge in [-0.1, -0.05) is 315 Å². The van der Waals surface area contributed by atoms with Crippen LogP contribution in [0.5, 0.6) is 0 Å². The first kappa shape index (κ1) is 44.5. The maximum absolute atomic E-state index is 2.75. The minimum Gasteiger partial charge on any atom is -0.0623 e. The Hall–Kier alpha value is -8.67. The van der Waals surface area contributed by atoms with Crippen LogP contribution in [0.4, 0.5) is 0 Å². The molecule has 72 heavy (non-hydrogen) atoms. The lowest BCUT2D eigenvalue weighted by atomic mass is 9.79. The second kappa shape index (κ2) is 19.6. The minimum atomic E-state index is -2.75.